The van der Waals surface area contributed by atoms with Crippen LogP contribution in [0.3, 0.4) is 0 Å². The number of aryl methyl sites for hydroxylation is 2. The van der Waals surface area contributed by atoms with Crippen LogP contribution >= 0.6 is 11.3 Å². The quantitative estimate of drug-likeness (QED) is 0.442. The van der Waals surface area contributed by atoms with Gasteiger partial charge in [-0.05, 0) is 75.3 Å². The highest BCUT2D eigenvalue weighted by molar-refractivity contribution is 7.17. The lowest BCUT2D eigenvalue weighted by molar-refractivity contribution is -0.122. The van der Waals surface area contributed by atoms with Crippen molar-refractivity contribution >= 4 is 23.2 Å². The van der Waals surface area contributed by atoms with Crippen molar-refractivity contribution in [3.8, 4) is 10.6 Å². The number of nitrogens with one attached hydrogen (secondary N) is 1. The first-order chi connectivity index (χ1) is 16.9. The second kappa shape index (κ2) is 11.6. The number of likely N-dealkylation sites (tertiary alicyclic amines) is 1. The number of halogens is 1. The molecule has 0 aliphatic carbocycles. The normalized spacial score (nSPS) is 15.1. The summed E-state index contributed by atoms with van der Waals surface area (Å²) in [6.45, 7) is 5.18. The highest BCUT2D eigenvalue weighted by Gasteiger charge is 2.28. The molecule has 2 heterocycles. The van der Waals surface area contributed by atoms with Gasteiger partial charge < -0.3 is 10.2 Å². The van der Waals surface area contributed by atoms with Crippen LogP contribution < -0.4 is 5.32 Å². The zero-order chi connectivity index (χ0) is 24.8. The second-order valence-electron chi connectivity index (χ2n) is 9.37. The molecular formula is C28H32FN3O2S. The average Bonchev–Trinajstić information content (AvgIpc) is 3.25. The number of piperidine rings is 1. The number of rotatable bonds is 8. The van der Waals surface area contributed by atoms with E-state index in [0.29, 0.717) is 30.1 Å². The summed E-state index contributed by atoms with van der Waals surface area (Å²) < 4.78 is 13.2. The van der Waals surface area contributed by atoms with Gasteiger partial charge in [0.1, 0.15) is 15.7 Å². The molecule has 1 N–H and O–H groups in total. The van der Waals surface area contributed by atoms with E-state index < -0.39 is 0 Å². The molecule has 1 saturated heterocycles. The molecule has 1 fully saturated rings. The molecule has 5 nitrogen and oxygen atoms in total. The highest BCUT2D eigenvalue weighted by atomic mass is 32.1. The first kappa shape index (κ1) is 25.0. The number of aromatic nitrogens is 1. The zero-order valence-corrected chi connectivity index (χ0v) is 21.1. The van der Waals surface area contributed by atoms with Crippen molar-refractivity contribution in [3.05, 3.63) is 76.5 Å². The van der Waals surface area contributed by atoms with Gasteiger partial charge in [-0.25, -0.2) is 9.37 Å². The van der Waals surface area contributed by atoms with Crippen LogP contribution in [0.25, 0.3) is 10.6 Å². The van der Waals surface area contributed by atoms with Crippen molar-refractivity contribution in [2.45, 2.75) is 52.0 Å². The monoisotopic (exact) mass is 493 g/mol. The van der Waals surface area contributed by atoms with Crippen LogP contribution in [0.4, 0.5) is 4.39 Å². The Hall–Kier alpha value is -3.06. The molecule has 4 rings (SSSR count). The van der Waals surface area contributed by atoms with E-state index >= 15 is 0 Å². The van der Waals surface area contributed by atoms with Gasteiger partial charge in [-0.15, -0.1) is 11.3 Å². The lowest BCUT2D eigenvalue weighted by Crippen LogP contribution is -2.40. The maximum absolute atomic E-state index is 13.2. The summed E-state index contributed by atoms with van der Waals surface area (Å²) in [7, 11) is 0. The SMILES string of the molecule is Cc1nc(-c2ccc(F)cc2)sc1C(=O)N1CCC(CC(=O)NC(C)CCc2ccccc2)CC1. The molecule has 2 amide bonds. The lowest BCUT2D eigenvalue weighted by Gasteiger charge is -2.31. The van der Waals surface area contributed by atoms with E-state index in [4.69, 9.17) is 0 Å². The molecule has 1 unspecified atom stereocenters. The summed E-state index contributed by atoms with van der Waals surface area (Å²) >= 11 is 1.35. The highest BCUT2D eigenvalue weighted by Crippen LogP contribution is 2.30. The summed E-state index contributed by atoms with van der Waals surface area (Å²) in [6, 6.07) is 16.6. The van der Waals surface area contributed by atoms with Crippen LogP contribution in [0.5, 0.6) is 0 Å². The Morgan fingerprint density at radius 3 is 2.49 bits per heavy atom. The molecule has 1 aromatic heterocycles. The van der Waals surface area contributed by atoms with E-state index in [-0.39, 0.29) is 29.6 Å². The van der Waals surface area contributed by atoms with E-state index in [0.717, 1.165) is 36.3 Å². The molecule has 0 saturated carbocycles. The van der Waals surface area contributed by atoms with Crippen LogP contribution in [0.1, 0.15) is 53.5 Å². The molecule has 3 aromatic rings. The fourth-order valence-electron chi connectivity index (χ4n) is 4.49. The van der Waals surface area contributed by atoms with Gasteiger partial charge in [-0.3, -0.25) is 9.59 Å². The Morgan fingerprint density at radius 1 is 1.11 bits per heavy atom. The van der Waals surface area contributed by atoms with Gasteiger partial charge in [0.15, 0.2) is 0 Å². The summed E-state index contributed by atoms with van der Waals surface area (Å²) in [5.41, 5.74) is 2.79. The second-order valence-corrected chi connectivity index (χ2v) is 10.4. The van der Waals surface area contributed by atoms with Gasteiger partial charge >= 0.3 is 0 Å². The molecule has 0 spiro atoms. The Labute approximate surface area is 210 Å². The number of amides is 2. The van der Waals surface area contributed by atoms with Crippen molar-refractivity contribution in [1.82, 2.24) is 15.2 Å². The maximum atomic E-state index is 13.2. The Bertz CT molecular complexity index is 1140. The predicted molar refractivity (Wildman–Crippen MR) is 138 cm³/mol. The number of hydrogen-bond acceptors (Lipinski definition) is 4. The molecule has 1 aliphatic heterocycles. The third-order valence-electron chi connectivity index (χ3n) is 6.57. The molecule has 7 heteroatoms. The van der Waals surface area contributed by atoms with E-state index in [9.17, 15) is 14.0 Å². The summed E-state index contributed by atoms with van der Waals surface area (Å²) in [6.07, 6.45) is 4.01. The van der Waals surface area contributed by atoms with Gasteiger partial charge in [0.2, 0.25) is 5.91 Å². The van der Waals surface area contributed by atoms with Crippen molar-refractivity contribution in [3.63, 3.8) is 0 Å². The first-order valence-corrected chi connectivity index (χ1v) is 13.1. The summed E-state index contributed by atoms with van der Waals surface area (Å²) in [5.74, 6) is 0.0811. The van der Waals surface area contributed by atoms with E-state index in [2.05, 4.69) is 29.4 Å². The molecule has 2 aromatic carbocycles. The fraction of sp³-hybridized carbons (Fsp3) is 0.393. The van der Waals surface area contributed by atoms with Crippen LogP contribution in [0, 0.1) is 18.7 Å². The smallest absolute Gasteiger partial charge is 0.265 e. The molecule has 35 heavy (non-hydrogen) atoms. The number of carbonyl (C=O) groups is 2. The molecule has 1 aliphatic rings. The van der Waals surface area contributed by atoms with Gasteiger partial charge in [0.25, 0.3) is 5.91 Å². The third kappa shape index (κ3) is 6.75. The minimum atomic E-state index is -0.295. The Balaban J connectivity index is 1.23. The molecule has 1 atom stereocenters. The Kier molecular flexibility index (Phi) is 8.29. The van der Waals surface area contributed by atoms with Crippen molar-refractivity contribution < 1.29 is 14.0 Å². The van der Waals surface area contributed by atoms with Gasteiger partial charge in [-0.2, -0.15) is 0 Å². The summed E-state index contributed by atoms with van der Waals surface area (Å²) in [5, 5.41) is 3.86. The van der Waals surface area contributed by atoms with E-state index in [1.165, 1.54) is 29.0 Å². The minimum absolute atomic E-state index is 0.00852. The lowest BCUT2D eigenvalue weighted by atomic mass is 9.93. The van der Waals surface area contributed by atoms with Gasteiger partial charge in [0.05, 0.1) is 5.69 Å². The zero-order valence-electron chi connectivity index (χ0n) is 20.3. The molecule has 0 radical (unpaired) electrons. The average molecular weight is 494 g/mol. The molecule has 184 valence electrons. The van der Waals surface area contributed by atoms with Crippen LogP contribution in [-0.4, -0.2) is 40.8 Å². The largest absolute Gasteiger partial charge is 0.354 e. The third-order valence-corrected chi connectivity index (χ3v) is 7.77. The number of nitrogens with zero attached hydrogens (tertiary/aromatic N) is 2. The standard InChI is InChI=1S/C28H32FN3O2S/c1-19(8-9-21-6-4-3-5-7-21)30-25(33)18-22-14-16-32(17-15-22)28(34)26-20(2)31-27(35-26)23-10-12-24(29)13-11-23/h3-7,10-13,19,22H,8-9,14-18H2,1-2H3,(H,30,33). The van der Waals surface area contributed by atoms with Crippen LogP contribution in [0.2, 0.25) is 0 Å². The number of hydrogen-bond donors (Lipinski definition) is 1. The van der Waals surface area contributed by atoms with Crippen LogP contribution in [0.15, 0.2) is 54.6 Å². The van der Waals surface area contributed by atoms with Gasteiger partial charge in [0, 0.05) is 31.1 Å². The van der Waals surface area contributed by atoms with E-state index in [1.807, 2.05) is 30.0 Å². The number of carbonyl (C=O) groups excluding carboxylic acids is 2. The molecule has 0 bridgehead atoms. The van der Waals surface area contributed by atoms with Crippen LogP contribution in [-0.2, 0) is 11.2 Å². The minimum Gasteiger partial charge on any atom is -0.354 e. The van der Waals surface area contributed by atoms with Gasteiger partial charge in [-0.1, -0.05) is 30.3 Å². The van der Waals surface area contributed by atoms with Crippen molar-refractivity contribution in [2.24, 2.45) is 5.92 Å². The van der Waals surface area contributed by atoms with E-state index in [1.54, 1.807) is 12.1 Å². The maximum Gasteiger partial charge on any atom is 0.265 e. The fourth-order valence-corrected chi connectivity index (χ4v) is 5.53. The van der Waals surface area contributed by atoms with Crippen molar-refractivity contribution in [1.29, 1.82) is 0 Å². The Morgan fingerprint density at radius 2 is 1.80 bits per heavy atom. The predicted octanol–water partition coefficient (Wildman–Crippen LogP) is 5.64. The topological polar surface area (TPSA) is 62.3 Å². The van der Waals surface area contributed by atoms with Crippen molar-refractivity contribution in [2.75, 3.05) is 13.1 Å². The molecular weight excluding hydrogens is 461 g/mol. The number of benzene rings is 2. The first-order valence-electron chi connectivity index (χ1n) is 12.2. The number of thiazole rings is 1. The summed E-state index contributed by atoms with van der Waals surface area (Å²) in [4.78, 5) is 32.7.